The normalized spacial score (nSPS) is 28.9. The van der Waals surface area contributed by atoms with Gasteiger partial charge in [0.2, 0.25) is 17.7 Å². The summed E-state index contributed by atoms with van der Waals surface area (Å²) in [6, 6.07) is 12.3. The third kappa shape index (κ3) is 3.40. The second-order valence-electron chi connectivity index (χ2n) is 10.1. The van der Waals surface area contributed by atoms with Crippen LogP contribution < -0.4 is 14.5 Å². The number of imide groups is 1. The Hall–Kier alpha value is -3.74. The Morgan fingerprint density at radius 2 is 1.60 bits per heavy atom. The number of aryl methyl sites for hydroxylation is 2. The minimum absolute atomic E-state index is 0.0771. The van der Waals surface area contributed by atoms with Gasteiger partial charge in [-0.1, -0.05) is 24.3 Å². The summed E-state index contributed by atoms with van der Waals surface area (Å²) >= 11 is 0. The fourth-order valence-electron chi connectivity index (χ4n) is 6.05. The maximum absolute atomic E-state index is 13.1. The van der Waals surface area contributed by atoms with Crippen molar-refractivity contribution < 1.29 is 23.9 Å². The fraction of sp³-hybridized carbons (Fsp3) is 0.357. The molecule has 0 N–H and O–H groups in total. The van der Waals surface area contributed by atoms with Crippen LogP contribution in [0.3, 0.4) is 0 Å². The zero-order valence-corrected chi connectivity index (χ0v) is 19.6. The van der Waals surface area contributed by atoms with E-state index in [9.17, 15) is 19.2 Å². The van der Waals surface area contributed by atoms with E-state index in [2.05, 4.69) is 12.2 Å². The monoisotopic (exact) mass is 470 g/mol. The first-order chi connectivity index (χ1) is 16.8. The molecule has 0 aromatic heterocycles. The van der Waals surface area contributed by atoms with Gasteiger partial charge in [0.1, 0.15) is 5.75 Å². The van der Waals surface area contributed by atoms with Crippen molar-refractivity contribution in [2.45, 2.75) is 26.7 Å². The molecule has 2 aromatic rings. The Balaban J connectivity index is 1.17. The lowest BCUT2D eigenvalue weighted by atomic mass is 9.85. The first-order valence-corrected chi connectivity index (χ1v) is 12.1. The van der Waals surface area contributed by atoms with Crippen LogP contribution in [-0.4, -0.2) is 30.2 Å². The molecule has 2 saturated heterocycles. The molecule has 0 spiro atoms. The van der Waals surface area contributed by atoms with Crippen molar-refractivity contribution in [3.63, 3.8) is 0 Å². The zero-order valence-electron chi connectivity index (χ0n) is 19.6. The molecule has 2 heterocycles. The van der Waals surface area contributed by atoms with Crippen LogP contribution in [0.4, 0.5) is 11.4 Å². The molecule has 4 aliphatic rings. The van der Waals surface area contributed by atoms with Crippen molar-refractivity contribution in [3.8, 4) is 5.75 Å². The van der Waals surface area contributed by atoms with Crippen LogP contribution in [0, 0.1) is 43.4 Å². The third-order valence-corrected chi connectivity index (χ3v) is 8.03. The lowest BCUT2D eigenvalue weighted by Gasteiger charge is -2.19. The van der Waals surface area contributed by atoms with E-state index in [0.717, 1.165) is 23.2 Å². The van der Waals surface area contributed by atoms with Crippen LogP contribution >= 0.6 is 0 Å². The second-order valence-corrected chi connectivity index (χ2v) is 10.1. The molecule has 2 bridgehead atoms. The van der Waals surface area contributed by atoms with Gasteiger partial charge in [0.15, 0.2) is 0 Å². The van der Waals surface area contributed by atoms with Gasteiger partial charge < -0.3 is 9.64 Å². The van der Waals surface area contributed by atoms with Crippen LogP contribution in [0.5, 0.6) is 5.75 Å². The average molecular weight is 471 g/mol. The van der Waals surface area contributed by atoms with E-state index in [1.165, 1.54) is 4.90 Å². The maximum Gasteiger partial charge on any atom is 0.316 e. The Bertz CT molecular complexity index is 1280. The first kappa shape index (κ1) is 21.8. The topological polar surface area (TPSA) is 84.0 Å². The molecule has 0 unspecified atom stereocenters. The molecule has 2 aliphatic carbocycles. The van der Waals surface area contributed by atoms with E-state index in [1.807, 2.05) is 32.0 Å². The van der Waals surface area contributed by atoms with Gasteiger partial charge in [0.25, 0.3) is 0 Å². The summed E-state index contributed by atoms with van der Waals surface area (Å²) in [7, 11) is 0. The van der Waals surface area contributed by atoms with E-state index < -0.39 is 11.9 Å². The Kier molecular flexibility index (Phi) is 4.91. The second kappa shape index (κ2) is 7.90. The number of hydrogen-bond donors (Lipinski definition) is 0. The summed E-state index contributed by atoms with van der Waals surface area (Å²) in [5.41, 5.74) is 3.41. The SMILES string of the molecule is Cc1ccc(N2C[C@H](C(=O)Oc3cccc(N4C(=O)[C@H]5[C@H](C4=O)[C@H]4C=C[C@H]5C4)c3)CC2=O)cc1C. The van der Waals surface area contributed by atoms with Gasteiger partial charge in [-0.05, 0) is 67.5 Å². The Morgan fingerprint density at radius 1 is 0.886 bits per heavy atom. The van der Waals surface area contributed by atoms with E-state index in [1.54, 1.807) is 29.2 Å². The number of allylic oxidation sites excluding steroid dienone is 2. The first-order valence-electron chi connectivity index (χ1n) is 12.1. The number of amides is 3. The molecule has 178 valence electrons. The molecule has 35 heavy (non-hydrogen) atoms. The summed E-state index contributed by atoms with van der Waals surface area (Å²) in [6.45, 7) is 4.25. The average Bonchev–Trinajstić information content (AvgIpc) is 3.59. The van der Waals surface area contributed by atoms with Crippen molar-refractivity contribution in [3.05, 3.63) is 65.7 Å². The number of fused-ring (bicyclic) bond motifs is 5. The number of esters is 1. The van der Waals surface area contributed by atoms with Gasteiger partial charge in [-0.15, -0.1) is 0 Å². The van der Waals surface area contributed by atoms with Gasteiger partial charge in [-0.2, -0.15) is 0 Å². The van der Waals surface area contributed by atoms with E-state index in [-0.39, 0.29) is 60.1 Å². The Morgan fingerprint density at radius 3 is 2.29 bits per heavy atom. The molecule has 1 saturated carbocycles. The van der Waals surface area contributed by atoms with Crippen molar-refractivity contribution in [2.24, 2.45) is 29.6 Å². The van der Waals surface area contributed by atoms with Crippen LogP contribution in [-0.2, 0) is 19.2 Å². The molecule has 7 nitrogen and oxygen atoms in total. The van der Waals surface area contributed by atoms with Crippen molar-refractivity contribution in [2.75, 3.05) is 16.3 Å². The molecular formula is C28H26N2O5. The lowest BCUT2D eigenvalue weighted by Crippen LogP contribution is -2.32. The van der Waals surface area contributed by atoms with Crippen LogP contribution in [0.15, 0.2) is 54.6 Å². The summed E-state index contributed by atoms with van der Waals surface area (Å²) in [5, 5.41) is 0. The predicted molar refractivity (Wildman–Crippen MR) is 129 cm³/mol. The molecule has 0 radical (unpaired) electrons. The standard InChI is InChI=1S/C28H26N2O5/c1-15-6-9-20(10-16(15)2)29-14-19(12-23(29)31)28(34)35-22-5-3-4-21(13-22)30-26(32)24-17-7-8-18(11-17)25(24)27(30)33/h3-10,13,17-19,24-25H,11-12,14H2,1-2H3/t17-,18-,19+,24+,25+/m0/s1. The van der Waals surface area contributed by atoms with Crippen LogP contribution in [0.25, 0.3) is 0 Å². The molecule has 3 amide bonds. The molecule has 2 aliphatic heterocycles. The predicted octanol–water partition coefficient (Wildman–Crippen LogP) is 3.57. The highest BCUT2D eigenvalue weighted by molar-refractivity contribution is 6.22. The molecule has 6 rings (SSSR count). The number of ether oxygens (including phenoxy) is 1. The molecule has 7 heteroatoms. The summed E-state index contributed by atoms with van der Waals surface area (Å²) in [6.07, 6.45) is 5.07. The van der Waals surface area contributed by atoms with E-state index in [0.29, 0.717) is 5.69 Å². The van der Waals surface area contributed by atoms with E-state index in [4.69, 9.17) is 4.74 Å². The van der Waals surface area contributed by atoms with Gasteiger partial charge in [-0.25, -0.2) is 4.90 Å². The lowest BCUT2D eigenvalue weighted by molar-refractivity contribution is -0.139. The molecule has 2 aromatic carbocycles. The van der Waals surface area contributed by atoms with Gasteiger partial charge in [0.05, 0.1) is 23.4 Å². The zero-order chi connectivity index (χ0) is 24.4. The number of hydrogen-bond acceptors (Lipinski definition) is 5. The van der Waals surface area contributed by atoms with Crippen LogP contribution in [0.1, 0.15) is 24.0 Å². The smallest absolute Gasteiger partial charge is 0.316 e. The summed E-state index contributed by atoms with van der Waals surface area (Å²) in [5.74, 6) is -1.62. The summed E-state index contributed by atoms with van der Waals surface area (Å²) in [4.78, 5) is 54.6. The number of carbonyl (C=O) groups excluding carboxylic acids is 4. The largest absolute Gasteiger partial charge is 0.426 e. The van der Waals surface area contributed by atoms with Crippen molar-refractivity contribution in [1.82, 2.24) is 0 Å². The quantitative estimate of drug-likeness (QED) is 0.295. The highest BCUT2D eigenvalue weighted by atomic mass is 16.5. The van der Waals surface area contributed by atoms with Crippen LogP contribution in [0.2, 0.25) is 0 Å². The van der Waals surface area contributed by atoms with E-state index >= 15 is 0 Å². The van der Waals surface area contributed by atoms with Gasteiger partial charge in [0, 0.05) is 24.7 Å². The maximum atomic E-state index is 13.1. The van der Waals surface area contributed by atoms with Gasteiger partial charge in [-0.3, -0.25) is 19.2 Å². The molecule has 3 fully saturated rings. The van der Waals surface area contributed by atoms with Crippen molar-refractivity contribution >= 4 is 35.1 Å². The number of carbonyl (C=O) groups is 4. The highest BCUT2D eigenvalue weighted by Gasteiger charge is 2.59. The fourth-order valence-corrected chi connectivity index (χ4v) is 6.05. The van der Waals surface area contributed by atoms with Crippen molar-refractivity contribution in [1.29, 1.82) is 0 Å². The minimum Gasteiger partial charge on any atom is -0.426 e. The number of rotatable bonds is 4. The summed E-state index contributed by atoms with van der Waals surface area (Å²) < 4.78 is 5.61. The number of anilines is 2. The molecule has 5 atom stereocenters. The minimum atomic E-state index is -0.594. The highest BCUT2D eigenvalue weighted by Crippen LogP contribution is 2.53. The van der Waals surface area contributed by atoms with Gasteiger partial charge >= 0.3 is 5.97 Å². The third-order valence-electron chi connectivity index (χ3n) is 8.03. The number of nitrogens with zero attached hydrogens (tertiary/aromatic N) is 2. The number of benzene rings is 2. The molecular weight excluding hydrogens is 444 g/mol. The Labute approximate surface area is 203 Å².